The molecule has 20 heavy (non-hydrogen) atoms. The number of aliphatic carboxylic acids is 1. The van der Waals surface area contributed by atoms with Crippen LogP contribution in [0.5, 0.6) is 0 Å². The van der Waals surface area contributed by atoms with Crippen molar-refractivity contribution < 1.29 is 14.7 Å². The highest BCUT2D eigenvalue weighted by molar-refractivity contribution is 7.16. The van der Waals surface area contributed by atoms with Crippen LogP contribution < -0.4 is 10.6 Å². The second kappa shape index (κ2) is 6.01. The molecule has 7 heteroatoms. The van der Waals surface area contributed by atoms with E-state index in [0.717, 1.165) is 17.7 Å². The predicted octanol–water partition coefficient (Wildman–Crippen LogP) is 3.16. The van der Waals surface area contributed by atoms with Gasteiger partial charge in [0.15, 0.2) is 0 Å². The molecule has 0 radical (unpaired) electrons. The summed E-state index contributed by atoms with van der Waals surface area (Å²) in [6.07, 6.45) is 2.61. The van der Waals surface area contributed by atoms with Crippen molar-refractivity contribution in [3.63, 3.8) is 0 Å². The van der Waals surface area contributed by atoms with E-state index in [1.807, 2.05) is 13.0 Å². The number of carbonyl (C=O) groups is 2. The number of hydrogen-bond donors (Lipinski definition) is 3. The molecule has 0 aliphatic heterocycles. The lowest BCUT2D eigenvalue weighted by Gasteiger charge is -2.26. The molecule has 5 nitrogen and oxygen atoms in total. The van der Waals surface area contributed by atoms with Crippen LogP contribution in [0.15, 0.2) is 12.1 Å². The first-order valence-electron chi connectivity index (χ1n) is 6.50. The van der Waals surface area contributed by atoms with Gasteiger partial charge < -0.3 is 15.7 Å². The van der Waals surface area contributed by atoms with Crippen molar-refractivity contribution in [3.05, 3.63) is 21.3 Å². The lowest BCUT2D eigenvalue weighted by molar-refractivity contribution is -0.144. The summed E-state index contributed by atoms with van der Waals surface area (Å²) in [5.74, 6) is -0.961. The summed E-state index contributed by atoms with van der Waals surface area (Å²) < 4.78 is 0.659. The number of rotatable bonds is 4. The largest absolute Gasteiger partial charge is 0.480 e. The van der Waals surface area contributed by atoms with Gasteiger partial charge in [0.2, 0.25) is 0 Å². The Hall–Kier alpha value is -1.27. The molecule has 110 valence electrons. The average molecular weight is 317 g/mol. The van der Waals surface area contributed by atoms with E-state index in [9.17, 15) is 14.7 Å². The maximum atomic E-state index is 12.0. The lowest BCUT2D eigenvalue weighted by Crippen LogP contribution is -2.55. The maximum Gasteiger partial charge on any atom is 0.329 e. The van der Waals surface area contributed by atoms with Gasteiger partial charge in [-0.1, -0.05) is 24.4 Å². The first-order valence-corrected chi connectivity index (χ1v) is 7.70. The first-order chi connectivity index (χ1) is 9.43. The van der Waals surface area contributed by atoms with Crippen molar-refractivity contribution in [2.75, 3.05) is 0 Å². The molecular weight excluding hydrogens is 300 g/mol. The summed E-state index contributed by atoms with van der Waals surface area (Å²) >= 11 is 7.25. The van der Waals surface area contributed by atoms with Crippen molar-refractivity contribution in [2.24, 2.45) is 0 Å². The zero-order valence-corrected chi connectivity index (χ0v) is 12.7. The highest BCUT2D eigenvalue weighted by Crippen LogP contribution is 2.30. The Morgan fingerprint density at radius 2 is 2.05 bits per heavy atom. The standard InChI is InChI=1S/C13H17ClN2O3S/c1-8(9-4-5-10(14)20-9)15-12(19)16-13(11(17)18)6-2-3-7-13/h4-5,8H,2-3,6-7H2,1H3,(H,17,18)(H2,15,16,19). The van der Waals surface area contributed by atoms with Crippen molar-refractivity contribution in [1.82, 2.24) is 10.6 Å². The Morgan fingerprint density at radius 1 is 1.40 bits per heavy atom. The van der Waals surface area contributed by atoms with Crippen LogP contribution in [0.25, 0.3) is 0 Å². The minimum atomic E-state index is -1.11. The molecule has 0 saturated heterocycles. The molecule has 1 aromatic heterocycles. The summed E-state index contributed by atoms with van der Waals surface area (Å²) in [5.41, 5.74) is -1.11. The van der Waals surface area contributed by atoms with Gasteiger partial charge >= 0.3 is 12.0 Å². The number of halogens is 1. The van der Waals surface area contributed by atoms with Crippen molar-refractivity contribution in [3.8, 4) is 0 Å². The van der Waals surface area contributed by atoms with Gasteiger partial charge in [-0.25, -0.2) is 9.59 Å². The third-order valence-corrected chi connectivity index (χ3v) is 5.00. The summed E-state index contributed by atoms with van der Waals surface area (Å²) in [7, 11) is 0. The minimum absolute atomic E-state index is 0.209. The van der Waals surface area contributed by atoms with Gasteiger partial charge in [0.05, 0.1) is 10.4 Å². The van der Waals surface area contributed by atoms with Crippen LogP contribution in [0.1, 0.15) is 43.5 Å². The van der Waals surface area contributed by atoms with E-state index < -0.39 is 17.5 Å². The molecular formula is C13H17ClN2O3S. The lowest BCUT2D eigenvalue weighted by atomic mass is 9.98. The molecule has 1 aliphatic rings. The van der Waals surface area contributed by atoms with Crippen LogP contribution >= 0.6 is 22.9 Å². The van der Waals surface area contributed by atoms with Crippen LogP contribution in [-0.2, 0) is 4.79 Å². The van der Waals surface area contributed by atoms with E-state index in [2.05, 4.69) is 10.6 Å². The Morgan fingerprint density at radius 3 is 2.55 bits per heavy atom. The van der Waals surface area contributed by atoms with Crippen LogP contribution in [0, 0.1) is 0 Å². The average Bonchev–Trinajstić information content (AvgIpc) is 2.98. The molecule has 1 aromatic rings. The zero-order valence-electron chi connectivity index (χ0n) is 11.1. The summed E-state index contributed by atoms with van der Waals surface area (Å²) in [5, 5.41) is 14.7. The number of carboxylic acids is 1. The van der Waals surface area contributed by atoms with E-state index in [1.165, 1.54) is 11.3 Å². The van der Waals surface area contributed by atoms with Crippen molar-refractivity contribution >= 4 is 34.9 Å². The van der Waals surface area contributed by atoms with Gasteiger partial charge in [-0.05, 0) is 31.9 Å². The molecule has 1 saturated carbocycles. The minimum Gasteiger partial charge on any atom is -0.480 e. The van der Waals surface area contributed by atoms with Gasteiger partial charge in [0.25, 0.3) is 0 Å². The molecule has 1 heterocycles. The molecule has 0 bridgehead atoms. The van der Waals surface area contributed by atoms with E-state index in [1.54, 1.807) is 6.07 Å². The third kappa shape index (κ3) is 3.24. The monoisotopic (exact) mass is 316 g/mol. The van der Waals surface area contributed by atoms with Crippen LogP contribution in [-0.4, -0.2) is 22.6 Å². The van der Waals surface area contributed by atoms with Crippen molar-refractivity contribution in [2.45, 2.75) is 44.2 Å². The first kappa shape index (κ1) is 15.1. The molecule has 1 unspecified atom stereocenters. The quantitative estimate of drug-likeness (QED) is 0.798. The summed E-state index contributed by atoms with van der Waals surface area (Å²) in [4.78, 5) is 24.3. The number of nitrogens with one attached hydrogen (secondary N) is 2. The highest BCUT2D eigenvalue weighted by Gasteiger charge is 2.42. The fraction of sp³-hybridized carbons (Fsp3) is 0.538. The van der Waals surface area contributed by atoms with Crippen molar-refractivity contribution in [1.29, 1.82) is 0 Å². The molecule has 1 atom stereocenters. The Balaban J connectivity index is 1.96. The van der Waals surface area contributed by atoms with Gasteiger partial charge in [0, 0.05) is 4.88 Å². The predicted molar refractivity (Wildman–Crippen MR) is 78.2 cm³/mol. The van der Waals surface area contributed by atoms with E-state index in [4.69, 9.17) is 11.6 Å². The fourth-order valence-electron chi connectivity index (χ4n) is 2.45. The van der Waals surface area contributed by atoms with Gasteiger partial charge in [-0.2, -0.15) is 0 Å². The molecule has 1 fully saturated rings. The molecule has 2 rings (SSSR count). The molecule has 1 aliphatic carbocycles. The van der Waals surface area contributed by atoms with Gasteiger partial charge in [-0.15, -0.1) is 11.3 Å². The third-order valence-electron chi connectivity index (χ3n) is 3.59. The fourth-order valence-corrected chi connectivity index (χ4v) is 3.52. The Bertz CT molecular complexity index is 511. The summed E-state index contributed by atoms with van der Waals surface area (Å²) in [6, 6.07) is 2.96. The van der Waals surface area contributed by atoms with Crippen LogP contribution in [0.4, 0.5) is 4.79 Å². The number of hydrogen-bond acceptors (Lipinski definition) is 3. The Kier molecular flexibility index (Phi) is 4.55. The number of carbonyl (C=O) groups excluding carboxylic acids is 1. The molecule has 0 spiro atoms. The number of thiophene rings is 1. The normalized spacial score (nSPS) is 18.5. The van der Waals surface area contributed by atoms with Crippen LogP contribution in [0.2, 0.25) is 4.34 Å². The second-order valence-electron chi connectivity index (χ2n) is 5.06. The molecule has 3 N–H and O–H groups in total. The maximum absolute atomic E-state index is 12.0. The molecule has 2 amide bonds. The number of amides is 2. The zero-order chi connectivity index (χ0) is 14.8. The van der Waals surface area contributed by atoms with E-state index in [0.29, 0.717) is 17.2 Å². The SMILES string of the molecule is CC(NC(=O)NC1(C(=O)O)CCCC1)c1ccc(Cl)s1. The Labute approximate surface area is 126 Å². The topological polar surface area (TPSA) is 78.4 Å². The van der Waals surface area contributed by atoms with E-state index >= 15 is 0 Å². The second-order valence-corrected chi connectivity index (χ2v) is 6.80. The number of urea groups is 1. The van der Waals surface area contributed by atoms with Crippen LogP contribution in [0.3, 0.4) is 0 Å². The highest BCUT2D eigenvalue weighted by atomic mass is 35.5. The van der Waals surface area contributed by atoms with Gasteiger partial charge in [0.1, 0.15) is 5.54 Å². The van der Waals surface area contributed by atoms with E-state index in [-0.39, 0.29) is 6.04 Å². The summed E-state index contributed by atoms with van der Waals surface area (Å²) in [6.45, 7) is 1.84. The smallest absolute Gasteiger partial charge is 0.329 e. The number of carboxylic acid groups (broad SMARTS) is 1. The van der Waals surface area contributed by atoms with Gasteiger partial charge in [-0.3, -0.25) is 0 Å². The molecule has 0 aromatic carbocycles.